The average Bonchev–Trinajstić information content (AvgIpc) is 3.07. The van der Waals surface area contributed by atoms with Crippen molar-refractivity contribution in [1.29, 1.82) is 0 Å². The Hall–Kier alpha value is -1.81. The zero-order chi connectivity index (χ0) is 22.0. The van der Waals surface area contributed by atoms with Crippen LogP contribution in [0.3, 0.4) is 0 Å². The summed E-state index contributed by atoms with van der Waals surface area (Å²) in [5.41, 5.74) is 0.942. The highest BCUT2D eigenvalue weighted by molar-refractivity contribution is 5.71. The van der Waals surface area contributed by atoms with Crippen LogP contribution in [0.4, 0.5) is 13.2 Å². The SMILES string of the molecule is CCC1COCC(CCN2CCNC(O)C3=C2c2cc(C(F)(F)F)ccc2CO3)OC1. The van der Waals surface area contributed by atoms with Crippen LogP contribution < -0.4 is 5.32 Å². The van der Waals surface area contributed by atoms with Crippen LogP contribution in [0.25, 0.3) is 5.70 Å². The highest BCUT2D eigenvalue weighted by Gasteiger charge is 2.36. The van der Waals surface area contributed by atoms with E-state index in [1.807, 2.05) is 4.90 Å². The molecule has 0 bridgehead atoms. The molecule has 0 aliphatic carbocycles. The van der Waals surface area contributed by atoms with Crippen LogP contribution in [-0.4, -0.2) is 61.8 Å². The van der Waals surface area contributed by atoms with Crippen molar-refractivity contribution in [2.45, 2.75) is 44.9 Å². The van der Waals surface area contributed by atoms with E-state index < -0.39 is 18.0 Å². The molecule has 3 atom stereocenters. The summed E-state index contributed by atoms with van der Waals surface area (Å²) >= 11 is 0. The van der Waals surface area contributed by atoms with E-state index in [2.05, 4.69) is 12.2 Å². The number of rotatable bonds is 4. The molecule has 31 heavy (non-hydrogen) atoms. The van der Waals surface area contributed by atoms with Gasteiger partial charge in [-0.05, 0) is 30.5 Å². The second kappa shape index (κ2) is 9.36. The number of aliphatic hydroxyl groups excluding tert-OH is 1. The van der Waals surface area contributed by atoms with E-state index in [9.17, 15) is 18.3 Å². The molecule has 1 saturated heterocycles. The summed E-state index contributed by atoms with van der Waals surface area (Å²) < 4.78 is 57.7. The largest absolute Gasteiger partial charge is 0.487 e. The lowest BCUT2D eigenvalue weighted by Gasteiger charge is -2.33. The maximum Gasteiger partial charge on any atom is 0.416 e. The van der Waals surface area contributed by atoms with Crippen molar-refractivity contribution in [3.05, 3.63) is 40.6 Å². The number of ether oxygens (including phenoxy) is 3. The van der Waals surface area contributed by atoms with E-state index >= 15 is 0 Å². The van der Waals surface area contributed by atoms with Gasteiger partial charge in [0.2, 0.25) is 0 Å². The molecule has 9 heteroatoms. The van der Waals surface area contributed by atoms with Crippen molar-refractivity contribution in [3.63, 3.8) is 0 Å². The van der Waals surface area contributed by atoms with Crippen LogP contribution in [0.5, 0.6) is 0 Å². The molecule has 3 unspecified atom stereocenters. The Kier molecular flexibility index (Phi) is 6.76. The second-order valence-electron chi connectivity index (χ2n) is 8.27. The lowest BCUT2D eigenvalue weighted by atomic mass is 9.97. The molecule has 3 aliphatic heterocycles. The summed E-state index contributed by atoms with van der Waals surface area (Å²) in [5.74, 6) is 0.657. The van der Waals surface area contributed by atoms with E-state index in [0.29, 0.717) is 68.6 Å². The molecule has 0 saturated carbocycles. The normalized spacial score (nSPS) is 27.1. The average molecular weight is 442 g/mol. The van der Waals surface area contributed by atoms with Gasteiger partial charge in [0.15, 0.2) is 12.0 Å². The molecule has 0 amide bonds. The minimum Gasteiger partial charge on any atom is -0.487 e. The monoisotopic (exact) mass is 442 g/mol. The molecule has 2 N–H and O–H groups in total. The number of benzene rings is 1. The molecule has 1 fully saturated rings. The first kappa shape index (κ1) is 22.4. The lowest BCUT2D eigenvalue weighted by molar-refractivity contribution is -0.137. The predicted octanol–water partition coefficient (Wildman–Crippen LogP) is 2.96. The molecule has 3 aliphatic rings. The number of nitrogens with zero attached hydrogens (tertiary/aromatic N) is 1. The second-order valence-corrected chi connectivity index (χ2v) is 8.27. The van der Waals surface area contributed by atoms with E-state index in [0.717, 1.165) is 18.6 Å². The number of aliphatic hydroxyl groups is 1. The zero-order valence-electron chi connectivity index (χ0n) is 17.6. The van der Waals surface area contributed by atoms with Gasteiger partial charge in [-0.3, -0.25) is 5.32 Å². The Morgan fingerprint density at radius 3 is 2.84 bits per heavy atom. The van der Waals surface area contributed by atoms with Crippen molar-refractivity contribution >= 4 is 5.70 Å². The van der Waals surface area contributed by atoms with Crippen LogP contribution in [0.2, 0.25) is 0 Å². The number of halogens is 3. The third kappa shape index (κ3) is 5.00. The number of hydrogen-bond donors (Lipinski definition) is 2. The van der Waals surface area contributed by atoms with Crippen molar-refractivity contribution < 1.29 is 32.5 Å². The van der Waals surface area contributed by atoms with Crippen molar-refractivity contribution in [2.75, 3.05) is 39.5 Å². The summed E-state index contributed by atoms with van der Waals surface area (Å²) in [4.78, 5) is 1.99. The molecule has 0 radical (unpaired) electrons. The van der Waals surface area contributed by atoms with Gasteiger partial charge in [0.25, 0.3) is 0 Å². The Morgan fingerprint density at radius 2 is 2.06 bits per heavy atom. The van der Waals surface area contributed by atoms with Gasteiger partial charge in [0.1, 0.15) is 6.61 Å². The number of nitrogens with one attached hydrogen (secondary N) is 1. The van der Waals surface area contributed by atoms with Crippen LogP contribution in [0, 0.1) is 5.92 Å². The minimum atomic E-state index is -4.44. The number of alkyl halides is 3. The third-order valence-corrected chi connectivity index (χ3v) is 6.12. The first-order valence-electron chi connectivity index (χ1n) is 10.8. The summed E-state index contributed by atoms with van der Waals surface area (Å²) in [7, 11) is 0. The number of fused-ring (bicyclic) bond motifs is 2. The van der Waals surface area contributed by atoms with Gasteiger partial charge in [-0.15, -0.1) is 0 Å². The maximum absolute atomic E-state index is 13.4. The van der Waals surface area contributed by atoms with Crippen molar-refractivity contribution in [2.24, 2.45) is 5.92 Å². The fourth-order valence-corrected chi connectivity index (χ4v) is 4.19. The van der Waals surface area contributed by atoms with Gasteiger partial charge < -0.3 is 24.2 Å². The molecule has 0 aromatic heterocycles. The molecular weight excluding hydrogens is 413 g/mol. The Morgan fingerprint density at radius 1 is 1.23 bits per heavy atom. The first-order valence-corrected chi connectivity index (χ1v) is 10.8. The fraction of sp³-hybridized carbons (Fsp3) is 0.636. The number of hydrogen-bond acceptors (Lipinski definition) is 6. The topological polar surface area (TPSA) is 63.2 Å². The molecule has 3 heterocycles. The van der Waals surface area contributed by atoms with Gasteiger partial charge in [-0.1, -0.05) is 13.0 Å². The predicted molar refractivity (Wildman–Crippen MR) is 108 cm³/mol. The van der Waals surface area contributed by atoms with Crippen molar-refractivity contribution in [3.8, 4) is 0 Å². The maximum atomic E-state index is 13.4. The van der Waals surface area contributed by atoms with Gasteiger partial charge in [-0.2, -0.15) is 13.2 Å². The van der Waals surface area contributed by atoms with Gasteiger partial charge in [0.05, 0.1) is 37.2 Å². The highest BCUT2D eigenvalue weighted by Crippen LogP contribution is 2.38. The quantitative estimate of drug-likeness (QED) is 0.748. The highest BCUT2D eigenvalue weighted by atomic mass is 19.4. The zero-order valence-corrected chi connectivity index (χ0v) is 17.6. The Labute approximate surface area is 180 Å². The Bertz CT molecular complexity index is 814. The van der Waals surface area contributed by atoms with Gasteiger partial charge >= 0.3 is 6.18 Å². The lowest BCUT2D eigenvalue weighted by Crippen LogP contribution is -2.33. The molecule has 0 spiro atoms. The fourth-order valence-electron chi connectivity index (χ4n) is 4.19. The summed E-state index contributed by atoms with van der Waals surface area (Å²) in [6, 6.07) is 3.69. The molecule has 4 rings (SSSR count). The summed E-state index contributed by atoms with van der Waals surface area (Å²) in [6.45, 7) is 5.62. The molecule has 6 nitrogen and oxygen atoms in total. The van der Waals surface area contributed by atoms with E-state index in [4.69, 9.17) is 14.2 Å². The van der Waals surface area contributed by atoms with Gasteiger partial charge in [0, 0.05) is 31.1 Å². The first-order chi connectivity index (χ1) is 14.9. The molecule has 1 aromatic carbocycles. The molecule has 172 valence electrons. The van der Waals surface area contributed by atoms with Gasteiger partial charge in [-0.25, -0.2) is 0 Å². The smallest absolute Gasteiger partial charge is 0.416 e. The standard InChI is InChI=1S/C22H29F3N2O4/c1-2-14-10-29-13-17(30-11-14)5-7-27-8-6-26-21(28)20-19(27)18-9-16(22(23,24)25)4-3-15(18)12-31-20/h3-4,9,14,17,21,26,28H,2,5-8,10-13H2,1H3. The third-order valence-electron chi connectivity index (χ3n) is 6.12. The summed E-state index contributed by atoms with van der Waals surface area (Å²) in [5, 5.41) is 13.4. The van der Waals surface area contributed by atoms with Crippen LogP contribution in [-0.2, 0) is 27.0 Å². The molecular formula is C22H29F3N2O4. The van der Waals surface area contributed by atoms with Crippen molar-refractivity contribution in [1.82, 2.24) is 10.2 Å². The van der Waals surface area contributed by atoms with E-state index in [1.165, 1.54) is 6.07 Å². The van der Waals surface area contributed by atoms with Crippen LogP contribution >= 0.6 is 0 Å². The van der Waals surface area contributed by atoms with E-state index in [-0.39, 0.29) is 18.5 Å². The minimum absolute atomic E-state index is 0.0766. The Balaban J connectivity index is 1.58. The molecule has 1 aromatic rings. The van der Waals surface area contributed by atoms with E-state index in [1.54, 1.807) is 0 Å². The van der Waals surface area contributed by atoms with Crippen LogP contribution in [0.15, 0.2) is 24.0 Å². The summed E-state index contributed by atoms with van der Waals surface area (Å²) in [6.07, 6.45) is -3.93. The van der Waals surface area contributed by atoms with Crippen LogP contribution in [0.1, 0.15) is 36.5 Å².